The van der Waals surface area contributed by atoms with Crippen LogP contribution in [0.5, 0.6) is 0 Å². The van der Waals surface area contributed by atoms with Crippen molar-refractivity contribution in [3.8, 4) is 11.4 Å². The van der Waals surface area contributed by atoms with Gasteiger partial charge in [0, 0.05) is 47.6 Å². The molecule has 9 N–H and O–H groups in total. The average molecular weight is 1140 g/mol. The number of pyridine rings is 2. The molecule has 0 radical (unpaired) electrons. The molecule has 0 bridgehead atoms. The van der Waals surface area contributed by atoms with Crippen LogP contribution in [-0.4, -0.2) is 150 Å². The summed E-state index contributed by atoms with van der Waals surface area (Å²) in [5.41, 5.74) is 3.50. The molecule has 3 atom stereocenters. The predicted octanol–water partition coefficient (Wildman–Crippen LogP) is -2.68. The Morgan fingerprint density at radius 1 is 0.805 bits per heavy atom. The number of nitrogens with zero attached hydrogens (tertiary/aromatic N) is 3. The second-order valence-electron chi connectivity index (χ2n) is 19.4. The van der Waals surface area contributed by atoms with Gasteiger partial charge in [-0.2, -0.15) is 0 Å². The second kappa shape index (κ2) is 25.9. The van der Waals surface area contributed by atoms with E-state index < -0.39 is 133 Å². The quantitative estimate of drug-likeness (QED) is 0.0124. The number of fused-ring (bicyclic) bond motifs is 5. The van der Waals surface area contributed by atoms with Gasteiger partial charge < -0.3 is 56.4 Å². The van der Waals surface area contributed by atoms with Gasteiger partial charge in [-0.05, 0) is 54.5 Å². The van der Waals surface area contributed by atoms with Crippen LogP contribution < -0.4 is 48.3 Å². The molecule has 0 fully saturated rings. The van der Waals surface area contributed by atoms with Crippen molar-refractivity contribution in [2.45, 2.75) is 76.8 Å². The third kappa shape index (κ3) is 13.5. The number of ether oxygens (including phenoxy) is 2. The molecule has 82 heavy (non-hydrogen) atoms. The minimum Gasteiger partial charge on any atom is -0.458 e. The molecule has 2 aromatic carbocycles. The van der Waals surface area contributed by atoms with E-state index in [4.69, 9.17) is 19.3 Å². The second-order valence-corrected chi connectivity index (χ2v) is 19.4. The van der Waals surface area contributed by atoms with Gasteiger partial charge in [0.2, 0.25) is 41.4 Å². The Morgan fingerprint density at radius 2 is 1.45 bits per heavy atom. The molecule has 432 valence electrons. The van der Waals surface area contributed by atoms with Crippen LogP contribution in [0.4, 0.5) is 4.39 Å². The molecule has 0 saturated heterocycles. The zero-order valence-electron chi connectivity index (χ0n) is 44.5. The lowest BCUT2D eigenvalue weighted by molar-refractivity contribution is -0.172. The first-order valence-corrected chi connectivity index (χ1v) is 26.1. The summed E-state index contributed by atoms with van der Waals surface area (Å²) in [4.78, 5) is 162. The Labute approximate surface area is 465 Å². The molecule has 4 aliphatic rings. The van der Waals surface area contributed by atoms with E-state index in [1.807, 2.05) is 0 Å². The fraction of sp³-hybridized carbons (Fsp3) is 0.389. The molecule has 10 amide bonds. The Balaban J connectivity index is 0.750. The molecule has 3 aliphatic heterocycles. The molecule has 8 rings (SSSR count). The molecule has 5 heterocycles. The number of cyclic esters (lactones) is 1. The smallest absolute Gasteiger partial charge is 0.343 e. The number of rotatable bonds is 25. The SMILES string of the molecule is CC[C@@]1(O)C(=O)OCc2c1cc1n(c2=O)Cc2c-1nc1cc(F)c(C)c3c1c2[C@@H](NC(=O)CONC(=O)CNC(=O)CNC(=O)CNC(=O)[C@H](Cc1ccccc1)NC(=O)CNC(=O)CNC(=O)CCOCCN1C(=O)C=CC1=O)CC3. The van der Waals surface area contributed by atoms with E-state index in [0.29, 0.717) is 57.4 Å². The van der Waals surface area contributed by atoms with Gasteiger partial charge in [-0.1, -0.05) is 37.3 Å². The number of aromatic nitrogens is 2. The first-order chi connectivity index (χ1) is 39.3. The van der Waals surface area contributed by atoms with Crippen LogP contribution in [0.2, 0.25) is 0 Å². The third-order valence-corrected chi connectivity index (χ3v) is 14.1. The van der Waals surface area contributed by atoms with E-state index in [1.54, 1.807) is 44.2 Å². The average Bonchev–Trinajstić information content (AvgIpc) is 1.72. The van der Waals surface area contributed by atoms with Gasteiger partial charge in [0.1, 0.15) is 18.5 Å². The highest BCUT2D eigenvalue weighted by Crippen LogP contribution is 2.46. The summed E-state index contributed by atoms with van der Waals surface area (Å²) in [7, 11) is 0. The lowest BCUT2D eigenvalue weighted by Crippen LogP contribution is -2.52. The summed E-state index contributed by atoms with van der Waals surface area (Å²) in [5, 5.41) is 29.0. The van der Waals surface area contributed by atoms with Gasteiger partial charge in [-0.25, -0.2) is 19.6 Å². The zero-order valence-corrected chi connectivity index (χ0v) is 44.5. The number of aliphatic hydroxyl groups is 1. The maximum atomic E-state index is 15.3. The van der Waals surface area contributed by atoms with Crippen molar-refractivity contribution in [1.29, 1.82) is 0 Å². The minimum atomic E-state index is -2.07. The van der Waals surface area contributed by atoms with Gasteiger partial charge >= 0.3 is 5.97 Å². The van der Waals surface area contributed by atoms with E-state index in [0.717, 1.165) is 17.1 Å². The van der Waals surface area contributed by atoms with Crippen molar-refractivity contribution < 1.29 is 76.5 Å². The van der Waals surface area contributed by atoms with Crippen molar-refractivity contribution in [3.05, 3.63) is 110 Å². The fourth-order valence-electron chi connectivity index (χ4n) is 9.81. The number of amides is 10. The third-order valence-electron chi connectivity index (χ3n) is 14.1. The number of imide groups is 1. The van der Waals surface area contributed by atoms with Crippen LogP contribution in [0.1, 0.15) is 71.2 Å². The summed E-state index contributed by atoms with van der Waals surface area (Å²) in [6.07, 6.45) is 2.74. The van der Waals surface area contributed by atoms with Crippen molar-refractivity contribution in [3.63, 3.8) is 0 Å². The monoisotopic (exact) mass is 1140 g/mol. The van der Waals surface area contributed by atoms with Gasteiger partial charge in [0.15, 0.2) is 12.2 Å². The van der Waals surface area contributed by atoms with Crippen LogP contribution in [0.25, 0.3) is 22.3 Å². The topological polar surface area (TPSA) is 370 Å². The lowest BCUT2D eigenvalue weighted by atomic mass is 9.81. The Hall–Kier alpha value is -9.28. The molecule has 0 unspecified atom stereocenters. The largest absolute Gasteiger partial charge is 0.458 e. The van der Waals surface area contributed by atoms with Gasteiger partial charge in [-0.15, -0.1) is 0 Å². The fourth-order valence-corrected chi connectivity index (χ4v) is 9.81. The molecule has 28 heteroatoms. The molecule has 4 aromatic rings. The van der Waals surface area contributed by atoms with Crippen LogP contribution in [0.3, 0.4) is 0 Å². The summed E-state index contributed by atoms with van der Waals surface area (Å²) < 4.78 is 27.3. The van der Waals surface area contributed by atoms with Crippen LogP contribution in [-0.2, 0) is 98.6 Å². The number of benzene rings is 2. The van der Waals surface area contributed by atoms with E-state index in [2.05, 4.69) is 42.7 Å². The van der Waals surface area contributed by atoms with Gasteiger partial charge in [-0.3, -0.25) is 62.5 Å². The van der Waals surface area contributed by atoms with Crippen molar-refractivity contribution in [2.75, 3.05) is 59.1 Å². The highest BCUT2D eigenvalue weighted by molar-refractivity contribution is 6.12. The Bertz CT molecular complexity index is 3370. The number of hydrogen-bond donors (Lipinski definition) is 9. The molecule has 0 spiro atoms. The van der Waals surface area contributed by atoms with E-state index in [1.165, 1.54) is 16.7 Å². The van der Waals surface area contributed by atoms with E-state index >= 15 is 4.39 Å². The number of hydrogen-bond acceptors (Lipinski definition) is 17. The Morgan fingerprint density at radius 3 is 2.13 bits per heavy atom. The van der Waals surface area contributed by atoms with Crippen molar-refractivity contribution >= 4 is 75.9 Å². The molecule has 0 saturated carbocycles. The normalized spacial score (nSPS) is 16.7. The van der Waals surface area contributed by atoms with E-state index in [-0.39, 0.29) is 68.8 Å². The lowest BCUT2D eigenvalue weighted by Gasteiger charge is -2.31. The zero-order chi connectivity index (χ0) is 58.8. The maximum Gasteiger partial charge on any atom is 0.343 e. The number of nitrogens with one attached hydrogen (secondary N) is 8. The maximum absolute atomic E-state index is 15.3. The summed E-state index contributed by atoms with van der Waals surface area (Å²) in [6.45, 7) is -0.745. The van der Waals surface area contributed by atoms with Crippen LogP contribution in [0.15, 0.2) is 59.4 Å². The van der Waals surface area contributed by atoms with Gasteiger partial charge in [0.25, 0.3) is 23.3 Å². The van der Waals surface area contributed by atoms with Crippen LogP contribution >= 0.6 is 0 Å². The van der Waals surface area contributed by atoms with Gasteiger partial charge in [0.05, 0.1) is 87.5 Å². The number of esters is 1. The van der Waals surface area contributed by atoms with Crippen molar-refractivity contribution in [2.24, 2.45) is 0 Å². The molecule has 2 aromatic heterocycles. The standard InChI is InChI=1S/C54H58FN11O16/c1-3-54(79)33-18-38-50-31(25-66(38)52(77)32(33)26-81-53(54)78)49-35(10-9-30-28(2)34(55)19-36(63-50)48(30)49)61-45(73)27-82-64-44(72)24-59-41(69)21-57-42(70)22-60-51(76)37(17-29-7-5-4-6-8-29)62-43(71)23-58-40(68)20-56-39(67)13-15-80-16-14-65-46(74)11-12-47(65)75/h4-8,11-12,18-19,35,37,79H,3,9-10,13-17,20-27H2,1-2H3,(H,56,67)(H,57,70)(H,58,68)(H,59,69)(H,60,76)(H,61,73)(H,62,71)(H,64,72)/t35-,37-,54-/m0/s1. The number of aryl methyl sites for hydroxylation is 1. The summed E-state index contributed by atoms with van der Waals surface area (Å²) in [6, 6.07) is 9.46. The summed E-state index contributed by atoms with van der Waals surface area (Å²) in [5.74, 6) is -8.28. The van der Waals surface area contributed by atoms with E-state index in [9.17, 15) is 62.6 Å². The van der Waals surface area contributed by atoms with Crippen molar-refractivity contribution in [1.82, 2.24) is 57.1 Å². The first kappa shape index (κ1) is 58.9. The predicted molar refractivity (Wildman–Crippen MR) is 281 cm³/mol. The number of halogens is 1. The molecule has 1 aliphatic carbocycles. The van der Waals surface area contributed by atoms with Crippen LogP contribution in [0, 0.1) is 12.7 Å². The minimum absolute atomic E-state index is 0.00603. The number of carbonyl (C=O) groups excluding carboxylic acids is 11. The highest BCUT2D eigenvalue weighted by Gasteiger charge is 2.46. The molecule has 27 nitrogen and oxygen atoms in total. The highest BCUT2D eigenvalue weighted by atomic mass is 19.1. The Kier molecular flexibility index (Phi) is 18.6. The number of carbonyl (C=O) groups is 11. The molecular weight excluding hydrogens is 1080 g/mol. The number of hydroxylamine groups is 1. The molecular formula is C54H58FN11O16. The summed E-state index contributed by atoms with van der Waals surface area (Å²) >= 11 is 0. The first-order valence-electron chi connectivity index (χ1n) is 26.1.